The first-order valence-electron chi connectivity index (χ1n) is 9.32. The van der Waals surface area contributed by atoms with E-state index < -0.39 is 0 Å². The standard InChI is InChI=1S/C21H19N5O/c1-2-12-22-17(5-1)8-6-16-7-9-18(23-15-16)19-24-20(27-25-19)21-10-3-13-26(21)14-4-11-21/h1-2,5,7,9,12,15H,3-4,10-11,13-14H2. The lowest BCUT2D eigenvalue weighted by atomic mass is 9.94. The molecule has 0 unspecified atom stereocenters. The Bertz CT molecular complexity index is 990. The van der Waals surface area contributed by atoms with Crippen LogP contribution >= 0.6 is 0 Å². The number of hydrogen-bond acceptors (Lipinski definition) is 6. The Morgan fingerprint density at radius 2 is 1.89 bits per heavy atom. The van der Waals surface area contributed by atoms with Crippen LogP contribution in [0.15, 0.2) is 47.2 Å². The van der Waals surface area contributed by atoms with Crippen LogP contribution in [0.25, 0.3) is 11.5 Å². The third-order valence-corrected chi connectivity index (χ3v) is 5.46. The summed E-state index contributed by atoms with van der Waals surface area (Å²) in [5.41, 5.74) is 2.22. The number of pyridine rings is 2. The monoisotopic (exact) mass is 357 g/mol. The van der Waals surface area contributed by atoms with Gasteiger partial charge in [0.15, 0.2) is 0 Å². The van der Waals surface area contributed by atoms with Gasteiger partial charge in [-0.25, -0.2) is 4.98 Å². The Hall–Kier alpha value is -3.04. The molecular weight excluding hydrogens is 338 g/mol. The van der Waals surface area contributed by atoms with E-state index in [0.29, 0.717) is 11.5 Å². The van der Waals surface area contributed by atoms with Gasteiger partial charge in [-0.2, -0.15) is 4.98 Å². The fourth-order valence-corrected chi connectivity index (χ4v) is 4.14. The molecule has 0 atom stereocenters. The van der Waals surface area contributed by atoms with Crippen molar-refractivity contribution in [1.29, 1.82) is 0 Å². The number of hydrogen-bond donors (Lipinski definition) is 0. The van der Waals surface area contributed by atoms with E-state index in [1.54, 1.807) is 12.4 Å². The summed E-state index contributed by atoms with van der Waals surface area (Å²) >= 11 is 0. The van der Waals surface area contributed by atoms with E-state index >= 15 is 0 Å². The quantitative estimate of drug-likeness (QED) is 0.657. The van der Waals surface area contributed by atoms with Gasteiger partial charge in [-0.1, -0.05) is 17.1 Å². The van der Waals surface area contributed by atoms with Gasteiger partial charge >= 0.3 is 0 Å². The van der Waals surface area contributed by atoms with Crippen molar-refractivity contribution >= 4 is 0 Å². The minimum atomic E-state index is -0.0423. The molecule has 0 radical (unpaired) electrons. The van der Waals surface area contributed by atoms with Crippen molar-refractivity contribution in [1.82, 2.24) is 25.0 Å². The summed E-state index contributed by atoms with van der Waals surface area (Å²) in [6.45, 7) is 2.25. The zero-order chi connectivity index (χ0) is 18.1. The Labute approximate surface area is 157 Å². The molecule has 3 aromatic rings. The van der Waals surface area contributed by atoms with E-state index in [9.17, 15) is 0 Å². The molecule has 2 fully saturated rings. The smallest absolute Gasteiger partial charge is 0.247 e. The molecule has 0 spiro atoms. The predicted octanol–water partition coefficient (Wildman–Crippen LogP) is 3.01. The van der Waals surface area contributed by atoms with E-state index in [1.165, 1.54) is 12.8 Å². The lowest BCUT2D eigenvalue weighted by Crippen LogP contribution is -2.35. The van der Waals surface area contributed by atoms with Gasteiger partial charge in [0.25, 0.3) is 0 Å². The predicted molar refractivity (Wildman–Crippen MR) is 99.5 cm³/mol. The van der Waals surface area contributed by atoms with Crippen LogP contribution in [-0.2, 0) is 5.54 Å². The van der Waals surface area contributed by atoms with Crippen LogP contribution < -0.4 is 0 Å². The van der Waals surface area contributed by atoms with Crippen molar-refractivity contribution in [3.8, 4) is 23.4 Å². The van der Waals surface area contributed by atoms with Crippen molar-refractivity contribution in [3.05, 3.63) is 59.9 Å². The van der Waals surface area contributed by atoms with Gasteiger partial charge in [0, 0.05) is 18.0 Å². The van der Waals surface area contributed by atoms with Crippen LogP contribution in [0, 0.1) is 11.8 Å². The highest BCUT2D eigenvalue weighted by molar-refractivity contribution is 5.50. The van der Waals surface area contributed by atoms with Gasteiger partial charge in [0.05, 0.1) is 0 Å². The number of aromatic nitrogens is 4. The van der Waals surface area contributed by atoms with E-state index in [0.717, 1.165) is 43.1 Å². The van der Waals surface area contributed by atoms with E-state index in [2.05, 4.69) is 31.9 Å². The Morgan fingerprint density at radius 3 is 2.63 bits per heavy atom. The molecule has 0 aromatic carbocycles. The van der Waals surface area contributed by atoms with Crippen LogP contribution in [0.3, 0.4) is 0 Å². The highest BCUT2D eigenvalue weighted by Gasteiger charge is 2.49. The van der Waals surface area contributed by atoms with Crippen molar-refractivity contribution in [2.24, 2.45) is 0 Å². The van der Waals surface area contributed by atoms with Gasteiger partial charge in [-0.15, -0.1) is 0 Å². The highest BCUT2D eigenvalue weighted by atomic mass is 16.5. The Balaban J connectivity index is 1.37. The summed E-state index contributed by atoms with van der Waals surface area (Å²) in [5, 5.41) is 4.19. The maximum absolute atomic E-state index is 5.66. The van der Waals surface area contributed by atoms with Crippen molar-refractivity contribution < 1.29 is 4.52 Å². The lowest BCUT2D eigenvalue weighted by Gasteiger charge is -2.27. The molecule has 2 aliphatic heterocycles. The molecule has 5 heterocycles. The van der Waals surface area contributed by atoms with Gasteiger partial charge in [0.1, 0.15) is 16.9 Å². The molecule has 6 nitrogen and oxygen atoms in total. The second kappa shape index (κ2) is 6.60. The molecular formula is C21H19N5O. The fourth-order valence-electron chi connectivity index (χ4n) is 4.14. The summed E-state index contributed by atoms with van der Waals surface area (Å²) in [5.74, 6) is 7.39. The first-order valence-corrected chi connectivity index (χ1v) is 9.32. The third-order valence-electron chi connectivity index (χ3n) is 5.46. The minimum Gasteiger partial charge on any atom is -0.337 e. The van der Waals surface area contributed by atoms with Crippen molar-refractivity contribution in [2.45, 2.75) is 31.2 Å². The summed E-state index contributed by atoms with van der Waals surface area (Å²) in [7, 11) is 0. The zero-order valence-electron chi connectivity index (χ0n) is 14.9. The summed E-state index contributed by atoms with van der Waals surface area (Å²) in [6, 6.07) is 9.47. The molecule has 0 amide bonds. The first-order chi connectivity index (χ1) is 13.3. The Kier molecular flexibility index (Phi) is 3.95. The first kappa shape index (κ1) is 16.2. The summed E-state index contributed by atoms with van der Waals surface area (Å²) < 4.78 is 5.66. The largest absolute Gasteiger partial charge is 0.337 e. The molecule has 0 N–H and O–H groups in total. The van der Waals surface area contributed by atoms with Crippen molar-refractivity contribution in [2.75, 3.05) is 13.1 Å². The molecule has 2 aliphatic rings. The van der Waals surface area contributed by atoms with Gasteiger partial charge in [0.2, 0.25) is 11.7 Å². The normalized spacial score (nSPS) is 18.1. The molecule has 6 heteroatoms. The molecule has 5 rings (SSSR count). The lowest BCUT2D eigenvalue weighted by molar-refractivity contribution is 0.143. The van der Waals surface area contributed by atoms with Gasteiger partial charge < -0.3 is 4.52 Å². The summed E-state index contributed by atoms with van der Waals surface area (Å²) in [6.07, 6.45) is 8.05. The Morgan fingerprint density at radius 1 is 1.00 bits per heavy atom. The fraction of sp³-hybridized carbons (Fsp3) is 0.333. The molecule has 27 heavy (non-hydrogen) atoms. The molecule has 3 aromatic heterocycles. The van der Waals surface area contributed by atoms with Gasteiger partial charge in [-0.05, 0) is 69.0 Å². The molecule has 0 saturated carbocycles. The van der Waals surface area contributed by atoms with Crippen LogP contribution in [0.2, 0.25) is 0 Å². The molecule has 134 valence electrons. The van der Waals surface area contributed by atoms with Crippen molar-refractivity contribution in [3.63, 3.8) is 0 Å². The average Bonchev–Trinajstić information content (AvgIpc) is 3.43. The number of fused-ring (bicyclic) bond motifs is 1. The second-order valence-corrected chi connectivity index (χ2v) is 7.05. The maximum Gasteiger partial charge on any atom is 0.247 e. The SMILES string of the molecule is C(#Cc1ccccn1)c1ccc(-c2noc(C34CCCN3CCC4)n2)nc1. The van der Waals surface area contributed by atoms with E-state index in [4.69, 9.17) is 9.51 Å². The average molecular weight is 357 g/mol. The zero-order valence-corrected chi connectivity index (χ0v) is 14.9. The molecule has 0 aliphatic carbocycles. The van der Waals surface area contributed by atoms with E-state index in [1.807, 2.05) is 30.3 Å². The highest BCUT2D eigenvalue weighted by Crippen LogP contribution is 2.46. The van der Waals surface area contributed by atoms with Crippen LogP contribution in [0.4, 0.5) is 0 Å². The maximum atomic E-state index is 5.66. The minimum absolute atomic E-state index is 0.0423. The van der Waals surface area contributed by atoms with Crippen LogP contribution in [0.5, 0.6) is 0 Å². The molecule has 0 bridgehead atoms. The third kappa shape index (κ3) is 2.90. The topological polar surface area (TPSA) is 67.9 Å². The summed E-state index contributed by atoms with van der Waals surface area (Å²) in [4.78, 5) is 15.8. The van der Waals surface area contributed by atoms with Gasteiger partial charge in [-0.3, -0.25) is 9.88 Å². The second-order valence-electron chi connectivity index (χ2n) is 7.05. The van der Waals surface area contributed by atoms with E-state index in [-0.39, 0.29) is 5.54 Å². The number of rotatable bonds is 2. The number of nitrogens with zero attached hydrogens (tertiary/aromatic N) is 5. The van der Waals surface area contributed by atoms with Crippen LogP contribution in [0.1, 0.15) is 42.8 Å². The van der Waals surface area contributed by atoms with Crippen LogP contribution in [-0.4, -0.2) is 38.1 Å². The molecule has 2 saturated heterocycles.